The summed E-state index contributed by atoms with van der Waals surface area (Å²) in [4.78, 5) is 10.7. The van der Waals surface area contributed by atoms with Crippen LogP contribution >= 0.6 is 0 Å². The smallest absolute Gasteiger partial charge is 0.550 e. The van der Waals surface area contributed by atoms with Crippen molar-refractivity contribution < 1.29 is 39.5 Å². The molecule has 0 aromatic rings. The molecule has 84 valence electrons. The summed E-state index contributed by atoms with van der Waals surface area (Å²) in [7, 11) is 0. The van der Waals surface area contributed by atoms with Crippen LogP contribution in [0.3, 0.4) is 0 Å². The number of carbonyl (C=O) groups excluding carboxylic acids is 1. The molecular weight excluding hydrogens is 199 g/mol. The van der Waals surface area contributed by atoms with Crippen molar-refractivity contribution in [3.05, 3.63) is 0 Å². The van der Waals surface area contributed by atoms with E-state index in [9.17, 15) is 9.90 Å². The molecule has 0 rings (SSSR count). The Morgan fingerprint density at radius 2 is 1.80 bits per heavy atom. The maximum absolute atomic E-state index is 10.7. The molecule has 15 heavy (non-hydrogen) atoms. The Balaban J connectivity index is 0. The average molecular weight is 222 g/mol. The quantitative estimate of drug-likeness (QED) is 0.562. The van der Waals surface area contributed by atoms with Crippen molar-refractivity contribution in [2.45, 2.75) is 59.8 Å². The molecule has 2 nitrogen and oxygen atoms in total. The molecule has 0 aromatic carbocycles. The fourth-order valence-corrected chi connectivity index (χ4v) is 1.61. The summed E-state index contributed by atoms with van der Waals surface area (Å²) in [6, 6.07) is 0. The molecule has 3 heteroatoms. The van der Waals surface area contributed by atoms with E-state index < -0.39 is 5.97 Å². The van der Waals surface area contributed by atoms with Crippen LogP contribution in [0.4, 0.5) is 0 Å². The molecule has 0 fully saturated rings. The van der Waals surface area contributed by atoms with Crippen LogP contribution in [-0.2, 0) is 4.79 Å². The molecule has 1 unspecified atom stereocenters. The second kappa shape index (κ2) is 8.60. The predicted molar refractivity (Wildman–Crippen MR) is 56.7 cm³/mol. The normalized spacial score (nSPS) is 13.1. The van der Waals surface area contributed by atoms with Crippen LogP contribution in [-0.4, -0.2) is 5.97 Å². The number of carbonyl (C=O) groups is 1. The van der Waals surface area contributed by atoms with Crippen LogP contribution in [0.5, 0.6) is 0 Å². The standard InChI is InChI=1S/C12H24O2.Na/c1-5-7-10(11(13)14)8-6-9-12(2,3)4;/h10H,5-9H2,1-4H3,(H,13,14);/q;+1/p-1. The van der Waals surface area contributed by atoms with Crippen molar-refractivity contribution in [3.8, 4) is 0 Å². The van der Waals surface area contributed by atoms with Gasteiger partial charge in [-0.05, 0) is 30.6 Å². The topological polar surface area (TPSA) is 40.1 Å². The average Bonchev–Trinajstić information content (AvgIpc) is 2.00. The van der Waals surface area contributed by atoms with Crippen LogP contribution < -0.4 is 34.7 Å². The molecule has 0 spiro atoms. The van der Waals surface area contributed by atoms with E-state index in [0.717, 1.165) is 32.1 Å². The molecule has 0 bridgehead atoms. The fourth-order valence-electron chi connectivity index (χ4n) is 1.61. The summed E-state index contributed by atoms with van der Waals surface area (Å²) in [6.45, 7) is 8.56. The van der Waals surface area contributed by atoms with Crippen LogP contribution in [0, 0.1) is 11.3 Å². The van der Waals surface area contributed by atoms with E-state index in [-0.39, 0.29) is 35.5 Å². The fraction of sp³-hybridized carbons (Fsp3) is 0.917. The summed E-state index contributed by atoms with van der Waals surface area (Å²) in [5.41, 5.74) is 0.308. The number of aliphatic carboxylic acids is 1. The van der Waals surface area contributed by atoms with Gasteiger partial charge in [0.15, 0.2) is 0 Å². The van der Waals surface area contributed by atoms with Gasteiger partial charge in [0.1, 0.15) is 0 Å². The van der Waals surface area contributed by atoms with Crippen LogP contribution in [0.25, 0.3) is 0 Å². The zero-order valence-electron chi connectivity index (χ0n) is 10.9. The van der Waals surface area contributed by atoms with E-state index in [0.29, 0.717) is 5.41 Å². The van der Waals surface area contributed by atoms with Crippen molar-refractivity contribution >= 4 is 5.97 Å². The predicted octanol–water partition coefficient (Wildman–Crippen LogP) is -0.627. The first-order valence-electron chi connectivity index (χ1n) is 5.57. The van der Waals surface area contributed by atoms with Gasteiger partial charge < -0.3 is 9.90 Å². The Kier molecular flexibility index (Phi) is 10.2. The van der Waals surface area contributed by atoms with E-state index in [4.69, 9.17) is 0 Å². The molecule has 0 radical (unpaired) electrons. The molecule has 0 N–H and O–H groups in total. The van der Waals surface area contributed by atoms with Gasteiger partial charge in [0.05, 0.1) is 0 Å². The van der Waals surface area contributed by atoms with Gasteiger partial charge >= 0.3 is 29.6 Å². The Labute approximate surface area is 116 Å². The SMILES string of the molecule is CCCC(CCCC(C)(C)C)C(=O)[O-].[Na+]. The Morgan fingerprint density at radius 1 is 1.27 bits per heavy atom. The number of hydrogen-bond donors (Lipinski definition) is 0. The first-order valence-corrected chi connectivity index (χ1v) is 5.57. The van der Waals surface area contributed by atoms with Crippen molar-refractivity contribution in [2.24, 2.45) is 11.3 Å². The summed E-state index contributed by atoms with van der Waals surface area (Å²) in [5.74, 6) is -1.11. The summed E-state index contributed by atoms with van der Waals surface area (Å²) < 4.78 is 0. The molecule has 0 aliphatic heterocycles. The van der Waals surface area contributed by atoms with Gasteiger partial charge in [-0.15, -0.1) is 0 Å². The van der Waals surface area contributed by atoms with E-state index in [1.165, 1.54) is 0 Å². The first-order chi connectivity index (χ1) is 6.37. The molecule has 0 aliphatic rings. The Morgan fingerprint density at radius 3 is 2.13 bits per heavy atom. The van der Waals surface area contributed by atoms with Gasteiger partial charge in [-0.1, -0.05) is 40.5 Å². The van der Waals surface area contributed by atoms with Gasteiger partial charge in [0.25, 0.3) is 0 Å². The molecule has 0 aliphatic carbocycles. The molecule has 0 saturated heterocycles. The Bertz CT molecular complexity index is 173. The Hall–Kier alpha value is 0.470. The molecule has 1 atom stereocenters. The van der Waals surface area contributed by atoms with Crippen molar-refractivity contribution in [1.82, 2.24) is 0 Å². The first kappa shape index (κ1) is 17.9. The van der Waals surface area contributed by atoms with E-state index in [1.807, 2.05) is 6.92 Å². The largest absolute Gasteiger partial charge is 1.00 e. The summed E-state index contributed by atoms with van der Waals surface area (Å²) in [6.07, 6.45) is 4.52. The van der Waals surface area contributed by atoms with Gasteiger partial charge in [0.2, 0.25) is 0 Å². The van der Waals surface area contributed by atoms with Gasteiger partial charge in [-0.25, -0.2) is 0 Å². The number of rotatable bonds is 6. The van der Waals surface area contributed by atoms with E-state index in [1.54, 1.807) is 0 Å². The van der Waals surface area contributed by atoms with Crippen LogP contribution in [0.15, 0.2) is 0 Å². The van der Waals surface area contributed by atoms with Crippen molar-refractivity contribution in [1.29, 1.82) is 0 Å². The monoisotopic (exact) mass is 222 g/mol. The second-order valence-corrected chi connectivity index (χ2v) is 5.26. The van der Waals surface area contributed by atoms with E-state index in [2.05, 4.69) is 20.8 Å². The van der Waals surface area contributed by atoms with Gasteiger partial charge in [0, 0.05) is 5.97 Å². The minimum Gasteiger partial charge on any atom is -0.550 e. The zero-order chi connectivity index (χ0) is 11.2. The summed E-state index contributed by atoms with van der Waals surface area (Å²) in [5, 5.41) is 10.7. The van der Waals surface area contributed by atoms with E-state index >= 15 is 0 Å². The third-order valence-electron chi connectivity index (χ3n) is 2.45. The maximum atomic E-state index is 10.7. The molecule has 0 amide bonds. The third kappa shape index (κ3) is 10.7. The van der Waals surface area contributed by atoms with Gasteiger partial charge in [-0.3, -0.25) is 0 Å². The molecular formula is C12H23NaO2. The van der Waals surface area contributed by atoms with Crippen molar-refractivity contribution in [3.63, 3.8) is 0 Å². The number of hydrogen-bond acceptors (Lipinski definition) is 2. The van der Waals surface area contributed by atoms with Crippen LogP contribution in [0.1, 0.15) is 59.8 Å². The third-order valence-corrected chi connectivity index (χ3v) is 2.45. The maximum Gasteiger partial charge on any atom is 1.00 e. The summed E-state index contributed by atoms with van der Waals surface area (Å²) >= 11 is 0. The van der Waals surface area contributed by atoms with Crippen molar-refractivity contribution in [2.75, 3.05) is 0 Å². The number of carboxylic acids is 1. The molecule has 0 aromatic heterocycles. The molecule has 0 heterocycles. The van der Waals surface area contributed by atoms with Gasteiger partial charge in [-0.2, -0.15) is 0 Å². The minimum atomic E-state index is -0.874. The number of carboxylic acid groups (broad SMARTS) is 1. The van der Waals surface area contributed by atoms with Crippen LogP contribution in [0.2, 0.25) is 0 Å². The molecule has 0 saturated carbocycles. The zero-order valence-corrected chi connectivity index (χ0v) is 12.9. The second-order valence-electron chi connectivity index (χ2n) is 5.26. The minimum absolute atomic E-state index is 0.